The quantitative estimate of drug-likeness (QED) is 0.428. The molecule has 4 rings (SSSR count). The van der Waals surface area contributed by atoms with Crippen LogP contribution in [0.5, 0.6) is 0 Å². The SMILES string of the molecule is CNCc1cc(C2=CNC(C(F)(F)F)N=C2)ncc1F.O=C[C@@H]1CCCN1S(=O)(=O)c1ccc(F)cc1. The largest absolute Gasteiger partial charge is 0.429 e. The number of nitrogens with zero attached hydrogens (tertiary/aromatic N) is 3. The Morgan fingerprint density at radius 1 is 1.22 bits per heavy atom. The van der Waals surface area contributed by atoms with Gasteiger partial charge in [-0.1, -0.05) is 0 Å². The van der Waals surface area contributed by atoms with Crippen LogP contribution in [0.4, 0.5) is 22.0 Å². The molecule has 2 aliphatic heterocycles. The van der Waals surface area contributed by atoms with Gasteiger partial charge in [-0.2, -0.15) is 17.5 Å². The monoisotopic (exact) mass is 545 g/mol. The topological polar surface area (TPSA) is 104 Å². The first-order valence-electron chi connectivity index (χ1n) is 11.1. The van der Waals surface area contributed by atoms with E-state index < -0.39 is 40.0 Å². The molecule has 1 saturated heterocycles. The van der Waals surface area contributed by atoms with Gasteiger partial charge in [0.2, 0.25) is 16.2 Å². The number of sulfonamides is 1. The van der Waals surface area contributed by atoms with Gasteiger partial charge in [0, 0.05) is 36.6 Å². The summed E-state index contributed by atoms with van der Waals surface area (Å²) in [5.41, 5.74) is 1.10. The van der Waals surface area contributed by atoms with Crippen molar-refractivity contribution in [2.75, 3.05) is 13.6 Å². The van der Waals surface area contributed by atoms with Crippen LogP contribution in [0.3, 0.4) is 0 Å². The molecular weight excluding hydrogens is 521 g/mol. The van der Waals surface area contributed by atoms with Crippen molar-refractivity contribution < 1.29 is 35.2 Å². The summed E-state index contributed by atoms with van der Waals surface area (Å²) in [6, 6.07) is 5.50. The summed E-state index contributed by atoms with van der Waals surface area (Å²) >= 11 is 0. The highest BCUT2D eigenvalue weighted by Gasteiger charge is 2.40. The molecule has 0 amide bonds. The molecule has 1 aromatic carbocycles. The fraction of sp³-hybridized carbons (Fsp3) is 0.348. The molecule has 0 saturated carbocycles. The van der Waals surface area contributed by atoms with E-state index in [2.05, 4.69) is 20.6 Å². The third-order valence-electron chi connectivity index (χ3n) is 5.49. The molecule has 2 aliphatic rings. The fourth-order valence-corrected chi connectivity index (χ4v) is 5.26. The number of aliphatic imine (C=N–C) groups is 1. The number of halogens is 5. The highest BCUT2D eigenvalue weighted by molar-refractivity contribution is 7.89. The molecule has 14 heteroatoms. The van der Waals surface area contributed by atoms with E-state index in [1.54, 1.807) is 7.05 Å². The summed E-state index contributed by atoms with van der Waals surface area (Å²) in [6.45, 7) is 0.632. The lowest BCUT2D eigenvalue weighted by Crippen LogP contribution is -2.39. The summed E-state index contributed by atoms with van der Waals surface area (Å²) in [4.78, 5) is 18.0. The zero-order valence-electron chi connectivity index (χ0n) is 19.5. The molecule has 200 valence electrons. The van der Waals surface area contributed by atoms with E-state index in [1.807, 2.05) is 0 Å². The summed E-state index contributed by atoms with van der Waals surface area (Å²) in [5, 5.41) is 4.94. The maximum Gasteiger partial charge on any atom is 0.429 e. The van der Waals surface area contributed by atoms with Crippen molar-refractivity contribution in [3.8, 4) is 0 Å². The Morgan fingerprint density at radius 3 is 2.49 bits per heavy atom. The van der Waals surface area contributed by atoms with Crippen molar-refractivity contribution in [1.82, 2.24) is 19.9 Å². The third kappa shape index (κ3) is 6.96. The van der Waals surface area contributed by atoms with Crippen LogP contribution in [-0.2, 0) is 21.4 Å². The van der Waals surface area contributed by atoms with E-state index in [1.165, 1.54) is 28.7 Å². The molecule has 2 N–H and O–H groups in total. The van der Waals surface area contributed by atoms with E-state index in [4.69, 9.17) is 0 Å². The van der Waals surface area contributed by atoms with Gasteiger partial charge < -0.3 is 15.4 Å². The second kappa shape index (κ2) is 11.9. The lowest BCUT2D eigenvalue weighted by molar-refractivity contribution is -0.151. The number of pyridine rings is 1. The van der Waals surface area contributed by atoms with Gasteiger partial charge in [0.15, 0.2) is 0 Å². The fourth-order valence-electron chi connectivity index (χ4n) is 3.63. The minimum absolute atomic E-state index is 0.0210. The molecule has 3 heterocycles. The number of rotatable bonds is 6. The Kier molecular flexibility index (Phi) is 9.10. The van der Waals surface area contributed by atoms with Gasteiger partial charge in [0.05, 0.1) is 22.8 Å². The van der Waals surface area contributed by atoms with Crippen LogP contribution < -0.4 is 10.6 Å². The predicted octanol–water partition coefficient (Wildman–Crippen LogP) is 3.02. The second-order valence-corrected chi connectivity index (χ2v) is 9.99. The van der Waals surface area contributed by atoms with Gasteiger partial charge in [0.25, 0.3) is 0 Å². The minimum atomic E-state index is -4.45. The summed E-state index contributed by atoms with van der Waals surface area (Å²) in [7, 11) is -2.02. The third-order valence-corrected chi connectivity index (χ3v) is 7.43. The molecule has 8 nitrogen and oxygen atoms in total. The van der Waals surface area contributed by atoms with E-state index in [0.717, 1.165) is 24.5 Å². The molecule has 1 unspecified atom stereocenters. The molecular formula is C23H24F5N5O3S. The van der Waals surface area contributed by atoms with Gasteiger partial charge in [-0.25, -0.2) is 17.2 Å². The normalized spacial score (nSPS) is 20.0. The average Bonchev–Trinajstić information content (AvgIpc) is 3.36. The molecule has 0 bridgehead atoms. The number of hydrogen-bond acceptors (Lipinski definition) is 7. The Hall–Kier alpha value is -3.23. The number of alkyl halides is 3. The molecule has 1 fully saturated rings. The van der Waals surface area contributed by atoms with Gasteiger partial charge >= 0.3 is 6.18 Å². The van der Waals surface area contributed by atoms with Crippen molar-refractivity contribution in [3.63, 3.8) is 0 Å². The van der Waals surface area contributed by atoms with Crippen LogP contribution >= 0.6 is 0 Å². The number of benzene rings is 1. The van der Waals surface area contributed by atoms with Gasteiger partial charge in [-0.15, -0.1) is 0 Å². The van der Waals surface area contributed by atoms with Crippen LogP contribution in [0.25, 0.3) is 5.57 Å². The van der Waals surface area contributed by atoms with Crippen LogP contribution in [0.15, 0.2) is 52.6 Å². The lowest BCUT2D eigenvalue weighted by atomic mass is 10.1. The highest BCUT2D eigenvalue weighted by Crippen LogP contribution is 2.26. The van der Waals surface area contributed by atoms with Crippen LogP contribution in [0, 0.1) is 11.6 Å². The van der Waals surface area contributed by atoms with Crippen molar-refractivity contribution in [3.05, 3.63) is 65.6 Å². The van der Waals surface area contributed by atoms with E-state index in [-0.39, 0.29) is 4.90 Å². The number of hydrogen-bond donors (Lipinski definition) is 2. The molecule has 0 aliphatic carbocycles. The molecule has 0 radical (unpaired) electrons. The minimum Gasteiger partial charge on any atom is -0.362 e. The zero-order valence-corrected chi connectivity index (χ0v) is 20.4. The zero-order chi connectivity index (χ0) is 27.2. The first kappa shape index (κ1) is 28.3. The number of allylic oxidation sites excluding steroid dienone is 1. The predicted molar refractivity (Wildman–Crippen MR) is 126 cm³/mol. The van der Waals surface area contributed by atoms with Crippen molar-refractivity contribution in [2.45, 2.75) is 42.7 Å². The van der Waals surface area contributed by atoms with Crippen LogP contribution in [0.1, 0.15) is 24.1 Å². The Bertz CT molecular complexity index is 1270. The lowest BCUT2D eigenvalue weighted by Gasteiger charge is -2.20. The standard InChI is InChI=1S/C12H12F4N4.C11H12FNO3S/c1-17-3-7-2-10(18-6-9(7)13)8-4-19-11(20-5-8)12(14,15)16;12-9-3-5-11(6-4-9)17(15,16)13-7-1-2-10(13)8-14/h2,4-6,11,17,19H,3H2,1H3;3-6,8,10H,1-2,7H2/t;10-/m.0/s1. The smallest absolute Gasteiger partial charge is 0.362 e. The number of carbonyl (C=O) groups excluding carboxylic acids is 1. The van der Waals surface area contributed by atoms with Crippen molar-refractivity contribution >= 4 is 28.1 Å². The maximum atomic E-state index is 13.4. The van der Waals surface area contributed by atoms with Crippen molar-refractivity contribution in [1.29, 1.82) is 0 Å². The Morgan fingerprint density at radius 2 is 1.92 bits per heavy atom. The summed E-state index contributed by atoms with van der Waals surface area (Å²) in [6.07, 6.45) is -1.25. The molecule has 0 spiro atoms. The molecule has 2 aromatic rings. The summed E-state index contributed by atoms with van der Waals surface area (Å²) in [5.74, 6) is -0.963. The average molecular weight is 546 g/mol. The van der Waals surface area contributed by atoms with Crippen LogP contribution in [0.2, 0.25) is 0 Å². The number of aromatic nitrogens is 1. The summed E-state index contributed by atoms with van der Waals surface area (Å²) < 4.78 is 88.9. The second-order valence-electron chi connectivity index (χ2n) is 8.10. The first-order valence-corrected chi connectivity index (χ1v) is 12.5. The number of nitrogens with one attached hydrogen (secondary N) is 2. The Balaban J connectivity index is 0.000000208. The first-order chi connectivity index (χ1) is 17.5. The molecule has 37 heavy (non-hydrogen) atoms. The van der Waals surface area contributed by atoms with Gasteiger partial charge in [-0.3, -0.25) is 9.98 Å². The van der Waals surface area contributed by atoms with E-state index in [9.17, 15) is 35.2 Å². The van der Waals surface area contributed by atoms with E-state index >= 15 is 0 Å². The Labute approximate surface area is 210 Å². The highest BCUT2D eigenvalue weighted by atomic mass is 32.2. The number of aldehydes is 1. The van der Waals surface area contributed by atoms with Gasteiger partial charge in [-0.05, 0) is 50.2 Å². The maximum absolute atomic E-state index is 13.4. The molecule has 1 aromatic heterocycles. The van der Waals surface area contributed by atoms with Gasteiger partial charge in [0.1, 0.15) is 17.9 Å². The van der Waals surface area contributed by atoms with Crippen molar-refractivity contribution in [2.24, 2.45) is 4.99 Å². The molecule has 2 atom stereocenters. The van der Waals surface area contributed by atoms with Crippen LogP contribution in [-0.4, -0.2) is 62.2 Å². The van der Waals surface area contributed by atoms with E-state index in [0.29, 0.717) is 49.0 Å². The number of carbonyl (C=O) groups is 1.